The first-order chi connectivity index (χ1) is 13.7. The van der Waals surface area contributed by atoms with Gasteiger partial charge in [-0.05, 0) is 13.0 Å². The first-order valence-corrected chi connectivity index (χ1v) is 9.41. The van der Waals surface area contributed by atoms with Gasteiger partial charge in [-0.2, -0.15) is 0 Å². The molecule has 4 aromatic rings. The Morgan fingerprint density at radius 1 is 1.11 bits per heavy atom. The Hall–Kier alpha value is -3.25. The third kappa shape index (κ3) is 3.46. The summed E-state index contributed by atoms with van der Waals surface area (Å²) in [5.41, 5.74) is 5.42. The minimum atomic E-state index is -0.685. The van der Waals surface area contributed by atoms with E-state index in [2.05, 4.69) is 21.9 Å². The van der Waals surface area contributed by atoms with Crippen LogP contribution in [0.3, 0.4) is 0 Å². The number of aliphatic hydroxyl groups is 1. The number of imidazole rings is 2. The molecule has 0 saturated heterocycles. The maximum atomic E-state index is 10.7. The number of nitrogens with one attached hydrogen (secondary N) is 1. The van der Waals surface area contributed by atoms with E-state index in [1.807, 2.05) is 54.0 Å². The Balaban J connectivity index is 1.80. The van der Waals surface area contributed by atoms with Crippen LogP contribution in [0.2, 0.25) is 0 Å². The highest BCUT2D eigenvalue weighted by atomic mass is 16.3. The maximum absolute atomic E-state index is 10.7. The molecule has 3 aromatic heterocycles. The summed E-state index contributed by atoms with van der Waals surface area (Å²) in [4.78, 5) is 16.9. The lowest BCUT2D eigenvalue weighted by Gasteiger charge is -2.14. The fourth-order valence-corrected chi connectivity index (χ4v) is 3.36. The van der Waals surface area contributed by atoms with Crippen molar-refractivity contribution in [1.29, 1.82) is 0 Å². The van der Waals surface area contributed by atoms with Gasteiger partial charge in [0.1, 0.15) is 11.5 Å². The Morgan fingerprint density at radius 3 is 2.61 bits per heavy atom. The van der Waals surface area contributed by atoms with Crippen LogP contribution in [0.25, 0.3) is 22.6 Å². The third-order valence-electron chi connectivity index (χ3n) is 4.82. The number of aromatic amines is 1. The van der Waals surface area contributed by atoms with E-state index < -0.39 is 6.10 Å². The average molecular weight is 373 g/mol. The number of aryl methyl sites for hydroxylation is 2. The van der Waals surface area contributed by atoms with E-state index in [-0.39, 0.29) is 0 Å². The summed E-state index contributed by atoms with van der Waals surface area (Å²) in [6, 6.07) is 13.8. The Bertz CT molecular complexity index is 1050. The molecule has 0 aliphatic heterocycles. The summed E-state index contributed by atoms with van der Waals surface area (Å²) in [5.74, 6) is 0.937. The van der Waals surface area contributed by atoms with Gasteiger partial charge in [-0.15, -0.1) is 0 Å². The van der Waals surface area contributed by atoms with Crippen molar-refractivity contribution in [3.8, 4) is 22.6 Å². The fraction of sp³-hybridized carbons (Fsp3) is 0.227. The van der Waals surface area contributed by atoms with Gasteiger partial charge in [-0.1, -0.05) is 43.3 Å². The molecule has 0 spiro atoms. The van der Waals surface area contributed by atoms with Crippen molar-refractivity contribution >= 4 is 0 Å². The highest BCUT2D eigenvalue weighted by molar-refractivity contribution is 5.78. The highest BCUT2D eigenvalue weighted by Crippen LogP contribution is 2.33. The predicted octanol–water partition coefficient (Wildman–Crippen LogP) is 3.94. The molecular formula is C22H23N5O. The van der Waals surface area contributed by atoms with E-state index in [9.17, 15) is 5.11 Å². The number of aliphatic hydroxyl groups excluding tert-OH is 1. The summed E-state index contributed by atoms with van der Waals surface area (Å²) in [6.07, 6.45) is 5.31. The monoisotopic (exact) mass is 373 g/mol. The number of rotatable bonds is 6. The van der Waals surface area contributed by atoms with Crippen LogP contribution in [0.1, 0.15) is 30.1 Å². The fourth-order valence-electron chi connectivity index (χ4n) is 3.36. The maximum Gasteiger partial charge on any atom is 0.110 e. The molecular weight excluding hydrogens is 350 g/mol. The van der Waals surface area contributed by atoms with Crippen LogP contribution in [-0.2, 0) is 13.0 Å². The van der Waals surface area contributed by atoms with E-state index >= 15 is 0 Å². The molecule has 0 aliphatic rings. The van der Waals surface area contributed by atoms with Gasteiger partial charge in [0.15, 0.2) is 0 Å². The van der Waals surface area contributed by atoms with E-state index in [4.69, 9.17) is 4.98 Å². The topological polar surface area (TPSA) is 79.6 Å². The molecule has 0 fully saturated rings. The van der Waals surface area contributed by atoms with Gasteiger partial charge in [0.2, 0.25) is 0 Å². The largest absolute Gasteiger partial charge is 0.386 e. The number of hydrogen-bond donors (Lipinski definition) is 2. The Labute approximate surface area is 164 Å². The molecule has 0 aliphatic carbocycles. The van der Waals surface area contributed by atoms with Crippen LogP contribution in [0.15, 0.2) is 61.2 Å². The number of nitrogens with zero attached hydrogens (tertiary/aromatic N) is 4. The molecule has 3 heterocycles. The molecule has 6 heteroatoms. The van der Waals surface area contributed by atoms with Crippen molar-refractivity contribution < 1.29 is 5.11 Å². The van der Waals surface area contributed by atoms with E-state index in [1.54, 1.807) is 18.7 Å². The van der Waals surface area contributed by atoms with Gasteiger partial charge < -0.3 is 14.7 Å². The van der Waals surface area contributed by atoms with E-state index in [1.165, 1.54) is 0 Å². The van der Waals surface area contributed by atoms with Crippen LogP contribution in [0.5, 0.6) is 0 Å². The molecule has 4 rings (SSSR count). The van der Waals surface area contributed by atoms with Gasteiger partial charge in [0.25, 0.3) is 0 Å². The molecule has 6 nitrogen and oxygen atoms in total. The number of H-pyrrole nitrogens is 1. The van der Waals surface area contributed by atoms with E-state index in [0.29, 0.717) is 6.54 Å². The third-order valence-corrected chi connectivity index (χ3v) is 4.82. The molecule has 0 radical (unpaired) electrons. The van der Waals surface area contributed by atoms with E-state index in [0.717, 1.165) is 46.1 Å². The summed E-state index contributed by atoms with van der Waals surface area (Å²) in [6.45, 7) is 4.46. The lowest BCUT2D eigenvalue weighted by atomic mass is 10.1. The van der Waals surface area contributed by atoms with Crippen LogP contribution < -0.4 is 0 Å². The van der Waals surface area contributed by atoms with Gasteiger partial charge in [-0.25, -0.2) is 9.97 Å². The number of aromatic nitrogens is 5. The average Bonchev–Trinajstić information content (AvgIpc) is 3.32. The second kappa shape index (κ2) is 7.78. The molecule has 2 N–H and O–H groups in total. The Morgan fingerprint density at radius 2 is 1.93 bits per heavy atom. The standard InChI is InChI=1S/C22H23N5O/c1-3-19-25-15(2)20(26-19)22-21(16-8-5-4-6-9-16)24-14-27(22)13-18(28)17-10-7-11-23-12-17/h4-12,14,18,28H,3,13H2,1-2H3,(H,25,26). The van der Waals surface area contributed by atoms with Crippen molar-refractivity contribution in [3.63, 3.8) is 0 Å². The quantitative estimate of drug-likeness (QED) is 0.536. The van der Waals surface area contributed by atoms with Gasteiger partial charge in [0, 0.05) is 35.6 Å². The number of hydrogen-bond acceptors (Lipinski definition) is 4. The van der Waals surface area contributed by atoms with Crippen molar-refractivity contribution in [2.75, 3.05) is 0 Å². The van der Waals surface area contributed by atoms with Crippen molar-refractivity contribution in [2.45, 2.75) is 32.9 Å². The minimum absolute atomic E-state index is 0.370. The summed E-state index contributed by atoms with van der Waals surface area (Å²) < 4.78 is 1.97. The Kier molecular flexibility index (Phi) is 5.04. The molecule has 28 heavy (non-hydrogen) atoms. The molecule has 142 valence electrons. The molecule has 1 atom stereocenters. The minimum Gasteiger partial charge on any atom is -0.386 e. The summed E-state index contributed by atoms with van der Waals surface area (Å²) in [7, 11) is 0. The van der Waals surface area contributed by atoms with Crippen LogP contribution >= 0.6 is 0 Å². The second-order valence-electron chi connectivity index (χ2n) is 6.77. The van der Waals surface area contributed by atoms with Crippen LogP contribution in [-0.4, -0.2) is 29.6 Å². The smallest absolute Gasteiger partial charge is 0.110 e. The SMILES string of the molecule is CCc1nc(-c2c(-c3ccccc3)ncn2CC(O)c2cccnc2)c(C)[nH]1. The van der Waals surface area contributed by atoms with Crippen LogP contribution in [0.4, 0.5) is 0 Å². The van der Waals surface area contributed by atoms with Crippen molar-refractivity contribution in [2.24, 2.45) is 0 Å². The molecule has 0 bridgehead atoms. The summed E-state index contributed by atoms with van der Waals surface area (Å²) >= 11 is 0. The zero-order valence-electron chi connectivity index (χ0n) is 16.0. The van der Waals surface area contributed by atoms with Crippen molar-refractivity contribution in [1.82, 2.24) is 24.5 Å². The molecule has 0 saturated carbocycles. The normalized spacial score (nSPS) is 12.2. The van der Waals surface area contributed by atoms with Gasteiger partial charge in [0.05, 0.1) is 30.4 Å². The first kappa shape index (κ1) is 18.1. The van der Waals surface area contributed by atoms with Crippen LogP contribution in [0, 0.1) is 6.92 Å². The zero-order valence-corrected chi connectivity index (χ0v) is 16.0. The lowest BCUT2D eigenvalue weighted by molar-refractivity contribution is 0.156. The zero-order chi connectivity index (χ0) is 19.5. The highest BCUT2D eigenvalue weighted by Gasteiger charge is 2.21. The number of benzene rings is 1. The van der Waals surface area contributed by atoms with Gasteiger partial charge >= 0.3 is 0 Å². The first-order valence-electron chi connectivity index (χ1n) is 9.41. The second-order valence-corrected chi connectivity index (χ2v) is 6.77. The lowest BCUT2D eigenvalue weighted by Crippen LogP contribution is -2.10. The molecule has 1 unspecified atom stereocenters. The van der Waals surface area contributed by atoms with Gasteiger partial charge in [-0.3, -0.25) is 4.98 Å². The molecule has 0 amide bonds. The number of pyridine rings is 1. The summed E-state index contributed by atoms with van der Waals surface area (Å²) in [5, 5.41) is 10.7. The predicted molar refractivity (Wildman–Crippen MR) is 109 cm³/mol. The van der Waals surface area contributed by atoms with Crippen molar-refractivity contribution in [3.05, 3.63) is 78.3 Å². The molecule has 1 aromatic carbocycles.